The molecule has 2 saturated heterocycles. The SMILES string of the molecule is CC1CNCC(C)N1C(=O)CN1CCCC1=O. The Morgan fingerprint density at radius 3 is 2.53 bits per heavy atom. The first-order valence-electron chi connectivity index (χ1n) is 6.39. The van der Waals surface area contributed by atoms with Gasteiger partial charge in [0.1, 0.15) is 0 Å². The second-order valence-corrected chi connectivity index (χ2v) is 5.08. The number of carbonyl (C=O) groups is 2. The van der Waals surface area contributed by atoms with Crippen LogP contribution < -0.4 is 5.32 Å². The molecular formula is C12H21N3O2. The molecule has 2 fully saturated rings. The summed E-state index contributed by atoms with van der Waals surface area (Å²) in [5.74, 6) is 0.204. The van der Waals surface area contributed by atoms with Crippen molar-refractivity contribution >= 4 is 11.8 Å². The number of carbonyl (C=O) groups excluding carboxylic acids is 2. The first kappa shape index (κ1) is 12.4. The van der Waals surface area contributed by atoms with Crippen molar-refractivity contribution in [1.82, 2.24) is 15.1 Å². The molecule has 5 heteroatoms. The van der Waals surface area contributed by atoms with Crippen LogP contribution >= 0.6 is 0 Å². The monoisotopic (exact) mass is 239 g/mol. The summed E-state index contributed by atoms with van der Waals surface area (Å²) in [6.45, 7) is 6.76. The second-order valence-electron chi connectivity index (χ2n) is 5.08. The molecule has 0 aromatic heterocycles. The van der Waals surface area contributed by atoms with E-state index in [1.807, 2.05) is 18.7 Å². The van der Waals surface area contributed by atoms with Crippen molar-refractivity contribution in [3.8, 4) is 0 Å². The number of nitrogens with zero attached hydrogens (tertiary/aromatic N) is 2. The molecule has 0 spiro atoms. The van der Waals surface area contributed by atoms with Gasteiger partial charge in [0.2, 0.25) is 11.8 Å². The molecule has 2 amide bonds. The van der Waals surface area contributed by atoms with E-state index in [9.17, 15) is 9.59 Å². The molecule has 2 atom stereocenters. The normalized spacial score (nSPS) is 29.9. The van der Waals surface area contributed by atoms with Gasteiger partial charge >= 0.3 is 0 Å². The van der Waals surface area contributed by atoms with E-state index in [2.05, 4.69) is 5.32 Å². The van der Waals surface area contributed by atoms with Crippen molar-refractivity contribution in [3.05, 3.63) is 0 Å². The number of hydrogen-bond acceptors (Lipinski definition) is 3. The average Bonchev–Trinajstić information content (AvgIpc) is 2.64. The molecule has 0 saturated carbocycles. The standard InChI is InChI=1S/C12H21N3O2/c1-9-6-13-7-10(2)15(9)12(17)8-14-5-3-4-11(14)16/h9-10,13H,3-8H2,1-2H3. The van der Waals surface area contributed by atoms with E-state index in [1.54, 1.807) is 4.90 Å². The molecule has 0 aliphatic carbocycles. The zero-order valence-corrected chi connectivity index (χ0v) is 10.6. The highest BCUT2D eigenvalue weighted by Crippen LogP contribution is 2.14. The highest BCUT2D eigenvalue weighted by Gasteiger charge is 2.31. The van der Waals surface area contributed by atoms with Crippen LogP contribution in [0.5, 0.6) is 0 Å². The van der Waals surface area contributed by atoms with Gasteiger partial charge in [0, 0.05) is 38.1 Å². The topological polar surface area (TPSA) is 52.7 Å². The molecule has 2 unspecified atom stereocenters. The van der Waals surface area contributed by atoms with Gasteiger partial charge in [-0.3, -0.25) is 9.59 Å². The maximum absolute atomic E-state index is 12.2. The van der Waals surface area contributed by atoms with Gasteiger partial charge < -0.3 is 15.1 Å². The summed E-state index contributed by atoms with van der Waals surface area (Å²) in [5.41, 5.74) is 0. The first-order valence-corrected chi connectivity index (χ1v) is 6.39. The number of nitrogens with one attached hydrogen (secondary N) is 1. The minimum Gasteiger partial charge on any atom is -0.333 e. The van der Waals surface area contributed by atoms with E-state index in [4.69, 9.17) is 0 Å². The molecule has 0 bridgehead atoms. The van der Waals surface area contributed by atoms with E-state index >= 15 is 0 Å². The van der Waals surface area contributed by atoms with Crippen LogP contribution in [0.15, 0.2) is 0 Å². The van der Waals surface area contributed by atoms with Gasteiger partial charge in [-0.1, -0.05) is 0 Å². The van der Waals surface area contributed by atoms with Gasteiger partial charge in [-0.2, -0.15) is 0 Å². The van der Waals surface area contributed by atoms with Gasteiger partial charge in [0.25, 0.3) is 0 Å². The van der Waals surface area contributed by atoms with Crippen molar-refractivity contribution in [1.29, 1.82) is 0 Å². The zero-order valence-electron chi connectivity index (χ0n) is 10.6. The minimum absolute atomic E-state index is 0.0850. The van der Waals surface area contributed by atoms with E-state index in [1.165, 1.54) is 0 Å². The highest BCUT2D eigenvalue weighted by atomic mass is 16.2. The summed E-state index contributed by atoms with van der Waals surface area (Å²) < 4.78 is 0. The van der Waals surface area contributed by atoms with E-state index in [-0.39, 0.29) is 30.4 Å². The fourth-order valence-corrected chi connectivity index (χ4v) is 2.74. The summed E-state index contributed by atoms with van der Waals surface area (Å²) in [6, 6.07) is 0.424. The third-order valence-corrected chi connectivity index (χ3v) is 3.61. The van der Waals surface area contributed by atoms with Crippen LogP contribution in [-0.2, 0) is 9.59 Å². The molecule has 1 N–H and O–H groups in total. The van der Waals surface area contributed by atoms with Crippen molar-refractivity contribution in [2.24, 2.45) is 0 Å². The number of amides is 2. The number of hydrogen-bond donors (Lipinski definition) is 1. The fourth-order valence-electron chi connectivity index (χ4n) is 2.74. The lowest BCUT2D eigenvalue weighted by molar-refractivity contribution is -0.142. The fraction of sp³-hybridized carbons (Fsp3) is 0.833. The van der Waals surface area contributed by atoms with Gasteiger partial charge in [-0.15, -0.1) is 0 Å². The maximum Gasteiger partial charge on any atom is 0.242 e. The summed E-state index contributed by atoms with van der Waals surface area (Å²) in [4.78, 5) is 27.3. The molecule has 17 heavy (non-hydrogen) atoms. The van der Waals surface area contributed by atoms with Crippen LogP contribution in [0.1, 0.15) is 26.7 Å². The Morgan fingerprint density at radius 2 is 2.00 bits per heavy atom. The molecule has 0 aromatic carbocycles. The Balaban J connectivity index is 1.96. The largest absolute Gasteiger partial charge is 0.333 e. The Hall–Kier alpha value is -1.10. The zero-order chi connectivity index (χ0) is 12.4. The Morgan fingerprint density at radius 1 is 1.35 bits per heavy atom. The van der Waals surface area contributed by atoms with Crippen molar-refractivity contribution in [3.63, 3.8) is 0 Å². The molecule has 2 rings (SSSR count). The predicted octanol–water partition coefficient (Wildman–Crippen LogP) is -0.182. The van der Waals surface area contributed by atoms with Gasteiger partial charge in [0.05, 0.1) is 6.54 Å². The summed E-state index contributed by atoms with van der Waals surface area (Å²) in [5, 5.41) is 3.30. The molecule has 2 heterocycles. The third kappa shape index (κ3) is 2.60. The van der Waals surface area contributed by atoms with Gasteiger partial charge in [-0.05, 0) is 20.3 Å². The van der Waals surface area contributed by atoms with Gasteiger partial charge in [0.15, 0.2) is 0 Å². The molecule has 0 radical (unpaired) electrons. The van der Waals surface area contributed by atoms with Gasteiger partial charge in [-0.25, -0.2) is 0 Å². The lowest BCUT2D eigenvalue weighted by atomic mass is 10.1. The molecule has 5 nitrogen and oxygen atoms in total. The highest BCUT2D eigenvalue weighted by molar-refractivity contribution is 5.86. The van der Waals surface area contributed by atoms with E-state index < -0.39 is 0 Å². The third-order valence-electron chi connectivity index (χ3n) is 3.61. The lowest BCUT2D eigenvalue weighted by Gasteiger charge is -2.40. The number of rotatable bonds is 2. The lowest BCUT2D eigenvalue weighted by Crippen LogP contribution is -2.59. The quantitative estimate of drug-likeness (QED) is 0.727. The minimum atomic E-state index is 0.0850. The Kier molecular flexibility index (Phi) is 3.66. The Bertz CT molecular complexity index is 309. The summed E-state index contributed by atoms with van der Waals surface area (Å²) in [6.07, 6.45) is 1.48. The summed E-state index contributed by atoms with van der Waals surface area (Å²) >= 11 is 0. The average molecular weight is 239 g/mol. The van der Waals surface area contributed by atoms with Crippen LogP contribution in [0.4, 0.5) is 0 Å². The maximum atomic E-state index is 12.2. The molecule has 0 aromatic rings. The second kappa shape index (κ2) is 5.04. The van der Waals surface area contributed by atoms with Crippen LogP contribution in [0.25, 0.3) is 0 Å². The molecule has 2 aliphatic heterocycles. The molecule has 96 valence electrons. The van der Waals surface area contributed by atoms with Crippen LogP contribution in [0.3, 0.4) is 0 Å². The van der Waals surface area contributed by atoms with Crippen LogP contribution in [0, 0.1) is 0 Å². The number of piperazine rings is 1. The summed E-state index contributed by atoms with van der Waals surface area (Å²) in [7, 11) is 0. The van der Waals surface area contributed by atoms with Crippen LogP contribution in [0.2, 0.25) is 0 Å². The predicted molar refractivity (Wildman–Crippen MR) is 64.5 cm³/mol. The van der Waals surface area contributed by atoms with Crippen molar-refractivity contribution < 1.29 is 9.59 Å². The molecular weight excluding hydrogens is 218 g/mol. The smallest absolute Gasteiger partial charge is 0.242 e. The Labute approximate surface area is 102 Å². The molecule has 2 aliphatic rings. The van der Waals surface area contributed by atoms with Crippen molar-refractivity contribution in [2.45, 2.75) is 38.8 Å². The van der Waals surface area contributed by atoms with Crippen LogP contribution in [-0.4, -0.2) is 59.9 Å². The van der Waals surface area contributed by atoms with E-state index in [0.717, 1.165) is 26.1 Å². The first-order chi connectivity index (χ1) is 8.09. The number of likely N-dealkylation sites (tertiary alicyclic amines) is 1. The van der Waals surface area contributed by atoms with Crippen molar-refractivity contribution in [2.75, 3.05) is 26.2 Å². The van der Waals surface area contributed by atoms with E-state index in [0.29, 0.717) is 6.42 Å².